The first-order valence-electron chi connectivity index (χ1n) is 10.3. The Labute approximate surface area is 173 Å². The average molecular weight is 409 g/mol. The minimum atomic E-state index is -0.418. The van der Waals surface area contributed by atoms with E-state index in [4.69, 9.17) is 15.2 Å². The van der Waals surface area contributed by atoms with Crippen LogP contribution in [0.4, 0.5) is 4.79 Å². The number of rotatable bonds is 5. The highest BCUT2D eigenvalue weighted by Crippen LogP contribution is 2.27. The summed E-state index contributed by atoms with van der Waals surface area (Å²) in [7, 11) is 0. The smallest absolute Gasteiger partial charge is 0.410 e. The molecule has 0 spiro atoms. The van der Waals surface area contributed by atoms with Gasteiger partial charge in [-0.15, -0.1) is 0 Å². The Balaban J connectivity index is 0.000000208. The van der Waals surface area contributed by atoms with Crippen molar-refractivity contribution in [2.45, 2.75) is 78.3 Å². The van der Waals surface area contributed by atoms with Gasteiger partial charge in [0, 0.05) is 37.6 Å². The summed E-state index contributed by atoms with van der Waals surface area (Å²) >= 11 is 0. The van der Waals surface area contributed by atoms with Gasteiger partial charge < -0.3 is 30.0 Å². The standard InChI is InChI=1S/C11H17N3O.C10H19NO3/c1-8-11(4-12)9(5-13-8)6-14(7-15)10-2-3-10;1-8-7-11(5-6-13-8)9(12)14-10(2,3)4/h5,7,10,13H,2-4,6,12H2,1H3;8H,5-7H2,1-4H3. The quantitative estimate of drug-likeness (QED) is 0.729. The first-order valence-corrected chi connectivity index (χ1v) is 10.3. The van der Waals surface area contributed by atoms with Crippen LogP contribution < -0.4 is 5.73 Å². The number of nitrogens with zero attached hydrogens (tertiary/aromatic N) is 2. The fraction of sp³-hybridized carbons (Fsp3) is 0.714. The summed E-state index contributed by atoms with van der Waals surface area (Å²) in [4.78, 5) is 29.2. The molecule has 1 aromatic rings. The molecule has 3 rings (SSSR count). The Bertz CT molecular complexity index is 679. The van der Waals surface area contributed by atoms with Crippen LogP contribution in [-0.4, -0.2) is 64.7 Å². The van der Waals surface area contributed by atoms with Crippen LogP contribution >= 0.6 is 0 Å². The minimum absolute atomic E-state index is 0.108. The molecule has 2 fully saturated rings. The minimum Gasteiger partial charge on any atom is -0.444 e. The summed E-state index contributed by atoms with van der Waals surface area (Å²) in [5.41, 5.74) is 8.65. The van der Waals surface area contributed by atoms with Crippen molar-refractivity contribution >= 4 is 12.5 Å². The second-order valence-corrected chi connectivity index (χ2v) is 8.74. The van der Waals surface area contributed by atoms with E-state index in [9.17, 15) is 9.59 Å². The number of hydrogen-bond donors (Lipinski definition) is 2. The maximum atomic E-state index is 11.6. The second-order valence-electron chi connectivity index (χ2n) is 8.74. The molecule has 0 bridgehead atoms. The lowest BCUT2D eigenvalue weighted by Gasteiger charge is -2.32. The Morgan fingerprint density at radius 1 is 1.45 bits per heavy atom. The Hall–Kier alpha value is -2.06. The van der Waals surface area contributed by atoms with Crippen molar-refractivity contribution in [3.8, 4) is 0 Å². The molecule has 2 amide bonds. The number of H-pyrrole nitrogens is 1. The number of aromatic nitrogens is 1. The number of hydrogen-bond acceptors (Lipinski definition) is 5. The topological polar surface area (TPSA) is 101 Å². The van der Waals surface area contributed by atoms with Gasteiger partial charge in [-0.2, -0.15) is 0 Å². The van der Waals surface area contributed by atoms with Gasteiger partial charge in [0.15, 0.2) is 0 Å². The van der Waals surface area contributed by atoms with Crippen molar-refractivity contribution in [1.29, 1.82) is 0 Å². The van der Waals surface area contributed by atoms with Crippen LogP contribution in [0.5, 0.6) is 0 Å². The monoisotopic (exact) mass is 408 g/mol. The van der Waals surface area contributed by atoms with Gasteiger partial charge in [-0.3, -0.25) is 4.79 Å². The molecule has 1 saturated carbocycles. The molecule has 1 atom stereocenters. The zero-order chi connectivity index (χ0) is 21.6. The van der Waals surface area contributed by atoms with Crippen molar-refractivity contribution in [1.82, 2.24) is 14.8 Å². The van der Waals surface area contributed by atoms with Crippen molar-refractivity contribution in [3.05, 3.63) is 23.0 Å². The predicted octanol–water partition coefficient (Wildman–Crippen LogP) is 2.54. The van der Waals surface area contributed by atoms with Crippen LogP contribution in [0.3, 0.4) is 0 Å². The van der Waals surface area contributed by atoms with Crippen molar-refractivity contribution in [2.75, 3.05) is 19.7 Å². The number of aryl methyl sites for hydroxylation is 1. The molecule has 1 aliphatic carbocycles. The molecular weight excluding hydrogens is 372 g/mol. The van der Waals surface area contributed by atoms with E-state index < -0.39 is 5.60 Å². The lowest BCUT2D eigenvalue weighted by molar-refractivity contribution is -0.119. The zero-order valence-corrected chi connectivity index (χ0v) is 18.4. The van der Waals surface area contributed by atoms with Crippen LogP contribution in [0.15, 0.2) is 6.20 Å². The van der Waals surface area contributed by atoms with Crippen LogP contribution in [-0.2, 0) is 27.4 Å². The van der Waals surface area contributed by atoms with Gasteiger partial charge in [-0.05, 0) is 58.6 Å². The third-order valence-electron chi connectivity index (χ3n) is 4.90. The third kappa shape index (κ3) is 7.36. The van der Waals surface area contributed by atoms with Crippen molar-refractivity contribution in [2.24, 2.45) is 5.73 Å². The number of carbonyl (C=O) groups excluding carboxylic acids is 2. The molecule has 1 saturated heterocycles. The molecule has 164 valence electrons. The third-order valence-corrected chi connectivity index (χ3v) is 4.90. The van der Waals surface area contributed by atoms with Gasteiger partial charge in [-0.25, -0.2) is 4.79 Å². The maximum absolute atomic E-state index is 11.6. The van der Waals surface area contributed by atoms with E-state index in [1.165, 1.54) is 0 Å². The van der Waals surface area contributed by atoms with Gasteiger partial charge in [0.1, 0.15) is 5.60 Å². The summed E-state index contributed by atoms with van der Waals surface area (Å²) in [6, 6.07) is 0.461. The summed E-state index contributed by atoms with van der Waals surface area (Å²) in [5, 5.41) is 0. The largest absolute Gasteiger partial charge is 0.444 e. The number of nitrogens with two attached hydrogens (primary N) is 1. The molecule has 8 heteroatoms. The van der Waals surface area contributed by atoms with Crippen LogP contribution in [0.2, 0.25) is 0 Å². The van der Waals surface area contributed by atoms with E-state index in [0.717, 1.165) is 36.1 Å². The van der Waals surface area contributed by atoms with Crippen molar-refractivity contribution in [3.63, 3.8) is 0 Å². The van der Waals surface area contributed by atoms with Gasteiger partial charge in [-0.1, -0.05) is 0 Å². The van der Waals surface area contributed by atoms with E-state index in [1.807, 2.05) is 45.7 Å². The normalized spacial score (nSPS) is 19.2. The number of morpholine rings is 1. The summed E-state index contributed by atoms with van der Waals surface area (Å²) < 4.78 is 10.6. The lowest BCUT2D eigenvalue weighted by Crippen LogP contribution is -2.46. The highest BCUT2D eigenvalue weighted by Gasteiger charge is 2.28. The summed E-state index contributed by atoms with van der Waals surface area (Å²) in [5.74, 6) is 0. The first kappa shape index (κ1) is 23.2. The maximum Gasteiger partial charge on any atom is 0.410 e. The highest BCUT2D eigenvalue weighted by molar-refractivity contribution is 5.68. The molecule has 2 heterocycles. The SMILES string of the molecule is CC1CN(C(=O)OC(C)(C)C)CCO1.Cc1[nH]cc(CN(C=O)C2CC2)c1CN. The predicted molar refractivity (Wildman–Crippen MR) is 111 cm³/mol. The lowest BCUT2D eigenvalue weighted by atomic mass is 10.1. The van der Waals surface area contributed by atoms with E-state index in [-0.39, 0.29) is 12.2 Å². The zero-order valence-electron chi connectivity index (χ0n) is 18.4. The Kier molecular flexibility index (Phi) is 8.10. The van der Waals surface area contributed by atoms with Gasteiger partial charge in [0.25, 0.3) is 0 Å². The summed E-state index contributed by atoms with van der Waals surface area (Å²) in [6.45, 7) is 12.6. The molecule has 8 nitrogen and oxygen atoms in total. The van der Waals surface area contributed by atoms with Crippen LogP contribution in [0, 0.1) is 6.92 Å². The number of amides is 2. The van der Waals surface area contributed by atoms with Crippen molar-refractivity contribution < 1.29 is 19.1 Å². The van der Waals surface area contributed by atoms with E-state index in [1.54, 1.807) is 4.90 Å². The van der Waals surface area contributed by atoms with E-state index >= 15 is 0 Å². The van der Waals surface area contributed by atoms with Crippen LogP contribution in [0.1, 0.15) is 57.4 Å². The number of carbonyl (C=O) groups is 2. The molecule has 3 N–H and O–H groups in total. The molecular formula is C21H36N4O4. The Morgan fingerprint density at radius 2 is 2.14 bits per heavy atom. The summed E-state index contributed by atoms with van der Waals surface area (Å²) in [6.07, 6.45) is 5.04. The van der Waals surface area contributed by atoms with Gasteiger partial charge in [0.2, 0.25) is 6.41 Å². The Morgan fingerprint density at radius 3 is 2.66 bits per heavy atom. The fourth-order valence-corrected chi connectivity index (χ4v) is 3.20. The molecule has 29 heavy (non-hydrogen) atoms. The molecule has 1 unspecified atom stereocenters. The van der Waals surface area contributed by atoms with Gasteiger partial charge >= 0.3 is 6.09 Å². The first-order chi connectivity index (χ1) is 13.6. The van der Waals surface area contributed by atoms with Gasteiger partial charge in [0.05, 0.1) is 19.3 Å². The molecule has 0 radical (unpaired) electrons. The second kappa shape index (κ2) is 10.1. The number of aromatic amines is 1. The van der Waals surface area contributed by atoms with Crippen LogP contribution in [0.25, 0.3) is 0 Å². The average Bonchev–Trinajstić information content (AvgIpc) is 3.42. The molecule has 2 aliphatic rings. The number of ether oxygens (including phenoxy) is 2. The van der Waals surface area contributed by atoms with E-state index in [2.05, 4.69) is 4.98 Å². The van der Waals surface area contributed by atoms with E-state index in [0.29, 0.717) is 38.8 Å². The molecule has 1 aliphatic heterocycles. The highest BCUT2D eigenvalue weighted by atomic mass is 16.6. The molecule has 1 aromatic heterocycles. The molecule has 0 aromatic carbocycles. The fourth-order valence-electron chi connectivity index (χ4n) is 3.20. The number of nitrogens with one attached hydrogen (secondary N) is 1.